The molecule has 86 valence electrons. The molecule has 0 aromatic carbocycles. The highest BCUT2D eigenvalue weighted by molar-refractivity contribution is 7.80. The number of urea groups is 1. The summed E-state index contributed by atoms with van der Waals surface area (Å²) in [5.74, 6) is 0. The zero-order valence-corrected chi connectivity index (χ0v) is 9.95. The van der Waals surface area contributed by atoms with Crippen molar-refractivity contribution < 1.29 is 4.79 Å². The molecule has 0 aromatic rings. The van der Waals surface area contributed by atoms with E-state index >= 15 is 0 Å². The normalized spacial score (nSPS) is 18.5. The Hall–Kier alpha value is -0.840. The van der Waals surface area contributed by atoms with Gasteiger partial charge in [0, 0.05) is 6.54 Å². The van der Waals surface area contributed by atoms with Crippen LogP contribution in [0.5, 0.6) is 0 Å². The maximum Gasteiger partial charge on any atom is 0.315 e. The summed E-state index contributed by atoms with van der Waals surface area (Å²) in [6.07, 6.45) is 4.80. The Kier molecular flexibility index (Phi) is 4.32. The summed E-state index contributed by atoms with van der Waals surface area (Å²) in [7, 11) is 0. The number of amides is 2. The van der Waals surface area contributed by atoms with Crippen LogP contribution in [0.1, 0.15) is 39.0 Å². The van der Waals surface area contributed by atoms with Gasteiger partial charge in [-0.1, -0.05) is 32.0 Å². The predicted octanol–water partition coefficient (Wildman–Crippen LogP) is 1.29. The van der Waals surface area contributed by atoms with E-state index in [9.17, 15) is 4.79 Å². The minimum Gasteiger partial charge on any atom is -0.391 e. The van der Waals surface area contributed by atoms with Gasteiger partial charge in [-0.2, -0.15) is 0 Å². The molecule has 2 amide bonds. The van der Waals surface area contributed by atoms with Crippen LogP contribution in [0, 0.1) is 0 Å². The van der Waals surface area contributed by atoms with Crippen molar-refractivity contribution in [3.05, 3.63) is 0 Å². The lowest BCUT2D eigenvalue weighted by Crippen LogP contribution is -2.57. The first-order chi connectivity index (χ1) is 7.10. The molecule has 1 aliphatic rings. The van der Waals surface area contributed by atoms with E-state index in [0.29, 0.717) is 11.5 Å². The molecule has 5 heteroatoms. The smallest absolute Gasteiger partial charge is 0.315 e. The van der Waals surface area contributed by atoms with E-state index < -0.39 is 5.54 Å². The Labute approximate surface area is 96.0 Å². The van der Waals surface area contributed by atoms with Crippen LogP contribution in [-0.2, 0) is 0 Å². The van der Waals surface area contributed by atoms with E-state index in [-0.39, 0.29) is 6.03 Å². The molecular weight excluding hydrogens is 210 g/mol. The van der Waals surface area contributed by atoms with E-state index in [0.717, 1.165) is 32.1 Å². The molecule has 0 unspecified atom stereocenters. The van der Waals surface area contributed by atoms with E-state index in [1.165, 1.54) is 0 Å². The molecule has 0 saturated heterocycles. The van der Waals surface area contributed by atoms with Gasteiger partial charge < -0.3 is 16.4 Å². The van der Waals surface area contributed by atoms with Gasteiger partial charge in [0.25, 0.3) is 0 Å². The molecule has 0 aromatic heterocycles. The Morgan fingerprint density at radius 1 is 1.47 bits per heavy atom. The van der Waals surface area contributed by atoms with Gasteiger partial charge in [0.15, 0.2) is 0 Å². The fraction of sp³-hybridized carbons (Fsp3) is 0.800. The van der Waals surface area contributed by atoms with Crippen molar-refractivity contribution in [3.8, 4) is 0 Å². The van der Waals surface area contributed by atoms with E-state index in [2.05, 4.69) is 10.6 Å². The third-order valence-electron chi connectivity index (χ3n) is 2.82. The van der Waals surface area contributed by atoms with Crippen molar-refractivity contribution in [1.29, 1.82) is 0 Å². The lowest BCUT2D eigenvalue weighted by molar-refractivity contribution is 0.233. The zero-order chi connectivity index (χ0) is 11.3. The van der Waals surface area contributed by atoms with E-state index in [1.807, 2.05) is 6.92 Å². The topological polar surface area (TPSA) is 67.2 Å². The Morgan fingerprint density at radius 2 is 2.07 bits per heavy atom. The summed E-state index contributed by atoms with van der Waals surface area (Å²) >= 11 is 5.03. The maximum absolute atomic E-state index is 11.5. The number of carbonyl (C=O) groups excluding carboxylic acids is 1. The van der Waals surface area contributed by atoms with Crippen molar-refractivity contribution in [2.24, 2.45) is 5.73 Å². The molecule has 4 N–H and O–H groups in total. The minimum absolute atomic E-state index is 0.161. The van der Waals surface area contributed by atoms with Crippen LogP contribution in [0.2, 0.25) is 0 Å². The predicted molar refractivity (Wildman–Crippen MR) is 64.8 cm³/mol. The largest absolute Gasteiger partial charge is 0.391 e. The average molecular weight is 229 g/mol. The monoisotopic (exact) mass is 229 g/mol. The highest BCUT2D eigenvalue weighted by Crippen LogP contribution is 2.29. The van der Waals surface area contributed by atoms with E-state index in [4.69, 9.17) is 18.0 Å². The van der Waals surface area contributed by atoms with Crippen LogP contribution >= 0.6 is 12.2 Å². The summed E-state index contributed by atoms with van der Waals surface area (Å²) < 4.78 is 0. The van der Waals surface area contributed by atoms with Gasteiger partial charge in [-0.05, 0) is 19.3 Å². The highest BCUT2D eigenvalue weighted by Gasteiger charge is 2.38. The maximum atomic E-state index is 11.5. The summed E-state index contributed by atoms with van der Waals surface area (Å²) in [4.78, 5) is 11.9. The average Bonchev–Trinajstić information content (AvgIpc) is 2.64. The fourth-order valence-corrected chi connectivity index (χ4v) is 2.17. The molecule has 1 saturated carbocycles. The van der Waals surface area contributed by atoms with Crippen LogP contribution in [0.4, 0.5) is 4.79 Å². The van der Waals surface area contributed by atoms with E-state index in [1.54, 1.807) is 0 Å². The first kappa shape index (κ1) is 12.2. The van der Waals surface area contributed by atoms with Gasteiger partial charge in [-0.15, -0.1) is 0 Å². The Morgan fingerprint density at radius 3 is 2.53 bits per heavy atom. The summed E-state index contributed by atoms with van der Waals surface area (Å²) in [6.45, 7) is 2.69. The van der Waals surface area contributed by atoms with Crippen molar-refractivity contribution >= 4 is 23.2 Å². The Balaban J connectivity index is 2.52. The van der Waals surface area contributed by atoms with Gasteiger partial charge in [-0.3, -0.25) is 0 Å². The molecule has 0 aliphatic heterocycles. The molecule has 1 aliphatic carbocycles. The lowest BCUT2D eigenvalue weighted by atomic mass is 9.98. The summed E-state index contributed by atoms with van der Waals surface area (Å²) in [5, 5.41) is 5.68. The van der Waals surface area contributed by atoms with Crippen LogP contribution in [0.3, 0.4) is 0 Å². The first-order valence-corrected chi connectivity index (χ1v) is 5.87. The fourth-order valence-electron chi connectivity index (χ4n) is 1.91. The molecule has 1 fully saturated rings. The molecule has 1 rings (SSSR count). The molecule has 0 bridgehead atoms. The second kappa shape index (κ2) is 5.30. The van der Waals surface area contributed by atoms with Crippen LogP contribution in [0.15, 0.2) is 0 Å². The number of rotatable bonds is 4. The third-order valence-corrected chi connectivity index (χ3v) is 3.21. The van der Waals surface area contributed by atoms with Gasteiger partial charge in [-0.25, -0.2) is 4.79 Å². The number of hydrogen-bond donors (Lipinski definition) is 3. The number of nitrogens with one attached hydrogen (secondary N) is 2. The molecule has 4 nitrogen and oxygen atoms in total. The zero-order valence-electron chi connectivity index (χ0n) is 9.14. The van der Waals surface area contributed by atoms with Crippen LogP contribution < -0.4 is 16.4 Å². The van der Waals surface area contributed by atoms with Crippen molar-refractivity contribution in [1.82, 2.24) is 10.6 Å². The van der Waals surface area contributed by atoms with Crippen molar-refractivity contribution in [2.75, 3.05) is 6.54 Å². The lowest BCUT2D eigenvalue weighted by Gasteiger charge is -2.29. The number of nitrogens with two attached hydrogens (primary N) is 1. The highest BCUT2D eigenvalue weighted by atomic mass is 32.1. The Bertz CT molecular complexity index is 249. The van der Waals surface area contributed by atoms with Crippen LogP contribution in [-0.4, -0.2) is 23.1 Å². The molecule has 0 atom stereocenters. The molecule has 0 heterocycles. The standard InChI is InChI=1S/C10H19N3OS/c1-2-7-12-9(14)13-10(8(11)15)5-3-4-6-10/h2-7H2,1H3,(H2,11,15)(H2,12,13,14). The first-order valence-electron chi connectivity index (χ1n) is 5.46. The second-order valence-corrected chi connectivity index (χ2v) is 4.47. The number of hydrogen-bond acceptors (Lipinski definition) is 2. The van der Waals surface area contributed by atoms with Gasteiger partial charge >= 0.3 is 6.03 Å². The number of carbonyl (C=O) groups is 1. The van der Waals surface area contributed by atoms with Gasteiger partial charge in [0.05, 0.1) is 10.5 Å². The van der Waals surface area contributed by atoms with Crippen molar-refractivity contribution in [3.63, 3.8) is 0 Å². The molecule has 0 spiro atoms. The quantitative estimate of drug-likeness (QED) is 0.636. The molecular formula is C10H19N3OS. The molecule has 15 heavy (non-hydrogen) atoms. The van der Waals surface area contributed by atoms with Gasteiger partial charge in [0.2, 0.25) is 0 Å². The number of thiocarbonyl (C=S) groups is 1. The van der Waals surface area contributed by atoms with Gasteiger partial charge in [0.1, 0.15) is 0 Å². The molecule has 0 radical (unpaired) electrons. The second-order valence-electron chi connectivity index (χ2n) is 4.03. The third kappa shape index (κ3) is 3.06. The SMILES string of the molecule is CCCNC(=O)NC1(C(N)=S)CCCC1. The summed E-state index contributed by atoms with van der Waals surface area (Å²) in [5.41, 5.74) is 5.26. The minimum atomic E-state index is -0.437. The van der Waals surface area contributed by atoms with Crippen LogP contribution in [0.25, 0.3) is 0 Å². The summed E-state index contributed by atoms with van der Waals surface area (Å²) in [6, 6.07) is -0.161. The van der Waals surface area contributed by atoms with Crippen molar-refractivity contribution in [2.45, 2.75) is 44.6 Å².